The molecule has 1 heterocycles. The van der Waals surface area contributed by atoms with E-state index in [1.165, 1.54) is 0 Å². The van der Waals surface area contributed by atoms with Crippen LogP contribution in [-0.4, -0.2) is 23.2 Å². The molecule has 0 saturated heterocycles. The Morgan fingerprint density at radius 2 is 2.44 bits per heavy atom. The van der Waals surface area contributed by atoms with Gasteiger partial charge in [0, 0.05) is 18.9 Å². The van der Waals surface area contributed by atoms with Crippen LogP contribution in [0, 0.1) is 5.92 Å². The van der Waals surface area contributed by atoms with Gasteiger partial charge in [0.15, 0.2) is 0 Å². The van der Waals surface area contributed by atoms with Gasteiger partial charge in [-0.2, -0.15) is 0 Å². The second kappa shape index (κ2) is 4.29. The molecule has 4 heteroatoms. The first kappa shape index (κ1) is 11.2. The van der Waals surface area contributed by atoms with E-state index in [2.05, 4.69) is 5.32 Å². The SMILES string of the molecule is C[C@@](O)(CNC(=O)C1CC1)Cc1ccco1. The van der Waals surface area contributed by atoms with Gasteiger partial charge >= 0.3 is 0 Å². The number of carbonyl (C=O) groups is 1. The van der Waals surface area contributed by atoms with Crippen LogP contribution in [0.15, 0.2) is 22.8 Å². The van der Waals surface area contributed by atoms with Gasteiger partial charge in [-0.3, -0.25) is 4.79 Å². The van der Waals surface area contributed by atoms with Crippen LogP contribution in [0.1, 0.15) is 25.5 Å². The van der Waals surface area contributed by atoms with Crippen LogP contribution in [0.3, 0.4) is 0 Å². The molecule has 0 unspecified atom stereocenters. The van der Waals surface area contributed by atoms with Crippen molar-refractivity contribution in [2.24, 2.45) is 5.92 Å². The first-order valence-electron chi connectivity index (χ1n) is 5.59. The summed E-state index contributed by atoms with van der Waals surface area (Å²) in [7, 11) is 0. The van der Waals surface area contributed by atoms with Gasteiger partial charge in [-0.05, 0) is 31.9 Å². The Labute approximate surface area is 94.6 Å². The van der Waals surface area contributed by atoms with Gasteiger partial charge in [-0.1, -0.05) is 0 Å². The molecule has 1 amide bonds. The molecule has 1 aliphatic rings. The number of furan rings is 1. The average Bonchev–Trinajstić information content (AvgIpc) is 2.96. The van der Waals surface area contributed by atoms with E-state index in [4.69, 9.17) is 4.42 Å². The quantitative estimate of drug-likeness (QED) is 0.785. The molecule has 1 fully saturated rings. The number of hydrogen-bond donors (Lipinski definition) is 2. The molecule has 2 N–H and O–H groups in total. The maximum absolute atomic E-state index is 11.4. The lowest BCUT2D eigenvalue weighted by molar-refractivity contribution is -0.123. The average molecular weight is 223 g/mol. The second-order valence-corrected chi connectivity index (χ2v) is 4.75. The van der Waals surface area contributed by atoms with E-state index in [0.29, 0.717) is 6.42 Å². The molecule has 0 radical (unpaired) electrons. The maximum atomic E-state index is 11.4. The zero-order valence-corrected chi connectivity index (χ0v) is 9.40. The summed E-state index contributed by atoms with van der Waals surface area (Å²) in [6, 6.07) is 3.60. The Balaban J connectivity index is 1.79. The monoisotopic (exact) mass is 223 g/mol. The minimum absolute atomic E-state index is 0.0553. The summed E-state index contributed by atoms with van der Waals surface area (Å²) in [6.45, 7) is 1.96. The van der Waals surface area contributed by atoms with Crippen molar-refractivity contribution in [3.8, 4) is 0 Å². The van der Waals surface area contributed by atoms with Crippen molar-refractivity contribution >= 4 is 5.91 Å². The van der Waals surface area contributed by atoms with Crippen LogP contribution in [0.4, 0.5) is 0 Å². The third kappa shape index (κ3) is 3.10. The molecule has 0 bridgehead atoms. The summed E-state index contributed by atoms with van der Waals surface area (Å²) in [5.41, 5.74) is -0.956. The fraction of sp³-hybridized carbons (Fsp3) is 0.583. The highest BCUT2D eigenvalue weighted by molar-refractivity contribution is 5.80. The van der Waals surface area contributed by atoms with Gasteiger partial charge in [0.1, 0.15) is 5.76 Å². The molecule has 1 saturated carbocycles. The lowest BCUT2D eigenvalue weighted by atomic mass is 10.0. The number of carbonyl (C=O) groups excluding carboxylic acids is 1. The van der Waals surface area contributed by atoms with Crippen molar-refractivity contribution in [2.75, 3.05) is 6.54 Å². The summed E-state index contributed by atoms with van der Waals surface area (Å²) in [4.78, 5) is 11.4. The molecule has 16 heavy (non-hydrogen) atoms. The zero-order chi connectivity index (χ0) is 11.6. The Morgan fingerprint density at radius 1 is 1.69 bits per heavy atom. The fourth-order valence-electron chi connectivity index (χ4n) is 1.62. The normalized spacial score (nSPS) is 19.1. The zero-order valence-electron chi connectivity index (χ0n) is 9.40. The van der Waals surface area contributed by atoms with Crippen molar-refractivity contribution < 1.29 is 14.3 Å². The summed E-state index contributed by atoms with van der Waals surface area (Å²) in [5, 5.41) is 12.8. The predicted octanol–water partition coefficient (Wildman–Crippen LogP) is 1.10. The highest BCUT2D eigenvalue weighted by atomic mass is 16.3. The molecule has 0 aliphatic heterocycles. The maximum Gasteiger partial charge on any atom is 0.223 e. The Kier molecular flexibility index (Phi) is 3.01. The summed E-state index contributed by atoms with van der Waals surface area (Å²) in [5.74, 6) is 0.963. The van der Waals surface area contributed by atoms with E-state index in [-0.39, 0.29) is 18.4 Å². The predicted molar refractivity (Wildman–Crippen MR) is 58.8 cm³/mol. The Bertz CT molecular complexity index is 352. The highest BCUT2D eigenvalue weighted by Gasteiger charge is 2.31. The van der Waals surface area contributed by atoms with E-state index in [0.717, 1.165) is 18.6 Å². The molecule has 88 valence electrons. The summed E-state index contributed by atoms with van der Waals surface area (Å²) < 4.78 is 5.16. The second-order valence-electron chi connectivity index (χ2n) is 4.75. The topological polar surface area (TPSA) is 62.5 Å². The standard InChI is InChI=1S/C12H17NO3/c1-12(15,7-10-3-2-6-16-10)8-13-11(14)9-4-5-9/h2-3,6,9,15H,4-5,7-8H2,1H3,(H,13,14)/t12-/m0/s1. The minimum Gasteiger partial charge on any atom is -0.469 e. The molecule has 1 aromatic heterocycles. The van der Waals surface area contributed by atoms with Gasteiger partial charge in [-0.25, -0.2) is 0 Å². The Morgan fingerprint density at radius 3 is 3.00 bits per heavy atom. The van der Waals surface area contributed by atoms with E-state index in [1.807, 2.05) is 6.07 Å². The minimum atomic E-state index is -0.956. The Hall–Kier alpha value is -1.29. The van der Waals surface area contributed by atoms with Gasteiger partial charge in [0.05, 0.1) is 11.9 Å². The van der Waals surface area contributed by atoms with E-state index < -0.39 is 5.60 Å². The smallest absolute Gasteiger partial charge is 0.223 e. The molecule has 1 atom stereocenters. The molecule has 1 aliphatic carbocycles. The highest BCUT2D eigenvalue weighted by Crippen LogP contribution is 2.28. The third-order valence-electron chi connectivity index (χ3n) is 2.73. The van der Waals surface area contributed by atoms with Gasteiger partial charge in [0.25, 0.3) is 0 Å². The van der Waals surface area contributed by atoms with E-state index in [9.17, 15) is 9.90 Å². The van der Waals surface area contributed by atoms with Crippen LogP contribution in [0.25, 0.3) is 0 Å². The van der Waals surface area contributed by atoms with E-state index in [1.54, 1.807) is 19.3 Å². The molecule has 0 spiro atoms. The molecule has 1 aromatic rings. The number of amides is 1. The van der Waals surface area contributed by atoms with Crippen LogP contribution in [-0.2, 0) is 11.2 Å². The van der Waals surface area contributed by atoms with Crippen molar-refractivity contribution in [3.63, 3.8) is 0 Å². The largest absolute Gasteiger partial charge is 0.469 e. The lowest BCUT2D eigenvalue weighted by Crippen LogP contribution is -2.42. The number of aliphatic hydroxyl groups is 1. The van der Waals surface area contributed by atoms with Gasteiger partial charge < -0.3 is 14.8 Å². The first-order valence-corrected chi connectivity index (χ1v) is 5.59. The lowest BCUT2D eigenvalue weighted by Gasteiger charge is -2.22. The van der Waals surface area contributed by atoms with Crippen LogP contribution >= 0.6 is 0 Å². The van der Waals surface area contributed by atoms with Crippen LogP contribution in [0.2, 0.25) is 0 Å². The summed E-state index contributed by atoms with van der Waals surface area (Å²) >= 11 is 0. The van der Waals surface area contributed by atoms with Crippen LogP contribution < -0.4 is 5.32 Å². The molecular formula is C12H17NO3. The third-order valence-corrected chi connectivity index (χ3v) is 2.73. The van der Waals surface area contributed by atoms with Crippen LogP contribution in [0.5, 0.6) is 0 Å². The fourth-order valence-corrected chi connectivity index (χ4v) is 1.62. The van der Waals surface area contributed by atoms with Crippen molar-refractivity contribution in [1.82, 2.24) is 5.32 Å². The molecular weight excluding hydrogens is 206 g/mol. The first-order chi connectivity index (χ1) is 7.57. The van der Waals surface area contributed by atoms with Gasteiger partial charge in [-0.15, -0.1) is 0 Å². The van der Waals surface area contributed by atoms with Gasteiger partial charge in [0.2, 0.25) is 5.91 Å². The molecule has 2 rings (SSSR count). The molecule has 4 nitrogen and oxygen atoms in total. The van der Waals surface area contributed by atoms with Crippen molar-refractivity contribution in [3.05, 3.63) is 24.2 Å². The van der Waals surface area contributed by atoms with Crippen molar-refractivity contribution in [1.29, 1.82) is 0 Å². The number of nitrogens with one attached hydrogen (secondary N) is 1. The summed E-state index contributed by atoms with van der Waals surface area (Å²) in [6.07, 6.45) is 3.94. The molecule has 0 aromatic carbocycles. The number of rotatable bonds is 5. The van der Waals surface area contributed by atoms with E-state index >= 15 is 0 Å². The number of hydrogen-bond acceptors (Lipinski definition) is 3. The van der Waals surface area contributed by atoms with Crippen molar-refractivity contribution in [2.45, 2.75) is 31.8 Å².